The zero-order valence-corrected chi connectivity index (χ0v) is 7.84. The van der Waals surface area contributed by atoms with Crippen LogP contribution in [-0.4, -0.2) is 0 Å². The molecule has 0 aromatic carbocycles. The van der Waals surface area contributed by atoms with Gasteiger partial charge in [-0.15, -0.1) is 0 Å². The van der Waals surface area contributed by atoms with Crippen molar-refractivity contribution in [2.45, 2.75) is 6.42 Å². The third kappa shape index (κ3) is 1.48. The maximum atomic E-state index is 3.79. The molecule has 0 radical (unpaired) electrons. The molecule has 1 aliphatic rings. The lowest BCUT2D eigenvalue weighted by Gasteiger charge is -1.99. The van der Waals surface area contributed by atoms with Crippen LogP contribution in [0.15, 0.2) is 72.9 Å². The second kappa shape index (κ2) is 3.90. The van der Waals surface area contributed by atoms with Crippen LogP contribution in [0, 0.1) is 0 Å². The minimum Gasteiger partial charge on any atom is -0.0988 e. The molecule has 0 aromatic rings. The van der Waals surface area contributed by atoms with Gasteiger partial charge in [0.2, 0.25) is 0 Å². The summed E-state index contributed by atoms with van der Waals surface area (Å²) in [6.07, 6.45) is 8.35. The quantitative estimate of drug-likeness (QED) is 0.603. The molecule has 0 aromatic heterocycles. The van der Waals surface area contributed by atoms with Crippen LogP contribution in [0.2, 0.25) is 0 Å². The Balaban J connectivity index is 3.25. The highest BCUT2D eigenvalue weighted by Crippen LogP contribution is 2.34. The van der Waals surface area contributed by atoms with Crippen LogP contribution in [0.1, 0.15) is 6.42 Å². The number of hydrogen-bond donors (Lipinski definition) is 0. The van der Waals surface area contributed by atoms with Crippen molar-refractivity contribution in [1.82, 2.24) is 0 Å². The van der Waals surface area contributed by atoms with E-state index in [1.165, 1.54) is 11.1 Å². The molecular weight excluding hydrogens is 156 g/mol. The minimum absolute atomic E-state index is 0.899. The Morgan fingerprint density at radius 3 is 1.31 bits per heavy atom. The van der Waals surface area contributed by atoms with Gasteiger partial charge in [-0.25, -0.2) is 0 Å². The molecular formula is C13H14. The normalized spacial score (nSPS) is 16.0. The third-order valence-corrected chi connectivity index (χ3v) is 2.26. The average Bonchev–Trinajstić information content (AvgIpc) is 2.54. The van der Waals surface area contributed by atoms with Crippen LogP contribution in [-0.2, 0) is 0 Å². The third-order valence-electron chi connectivity index (χ3n) is 2.26. The molecule has 0 nitrogen and oxygen atoms in total. The standard InChI is InChI=1S/C13H14/c1-5-10-9-11(6-2)13(8-4)12(10)7-3/h5-8H,1-4,9H2. The van der Waals surface area contributed by atoms with Crippen LogP contribution in [0.5, 0.6) is 0 Å². The first-order chi connectivity index (χ1) is 6.28. The van der Waals surface area contributed by atoms with Crippen molar-refractivity contribution in [3.05, 3.63) is 72.9 Å². The van der Waals surface area contributed by atoms with E-state index < -0.39 is 0 Å². The Hall–Kier alpha value is -1.56. The topological polar surface area (TPSA) is 0 Å². The van der Waals surface area contributed by atoms with E-state index in [4.69, 9.17) is 0 Å². The maximum absolute atomic E-state index is 3.79. The first-order valence-electron chi connectivity index (χ1n) is 4.24. The first kappa shape index (κ1) is 9.53. The smallest absolute Gasteiger partial charge is 0.00139 e. The number of allylic oxidation sites excluding steroid dienone is 8. The second-order valence-corrected chi connectivity index (χ2v) is 2.87. The Kier molecular flexibility index (Phi) is 2.86. The van der Waals surface area contributed by atoms with Crippen molar-refractivity contribution in [2.75, 3.05) is 0 Å². The van der Waals surface area contributed by atoms with E-state index in [0.717, 1.165) is 17.6 Å². The predicted octanol–water partition coefficient (Wildman–Crippen LogP) is 3.73. The summed E-state index contributed by atoms with van der Waals surface area (Å²) >= 11 is 0. The molecule has 0 aliphatic heterocycles. The molecule has 0 heteroatoms. The number of hydrogen-bond acceptors (Lipinski definition) is 0. The lowest BCUT2D eigenvalue weighted by Crippen LogP contribution is -1.80. The average molecular weight is 170 g/mol. The second-order valence-electron chi connectivity index (χ2n) is 2.87. The lowest BCUT2D eigenvalue weighted by molar-refractivity contribution is 1.25. The molecule has 0 heterocycles. The first-order valence-corrected chi connectivity index (χ1v) is 4.24. The van der Waals surface area contributed by atoms with Crippen LogP contribution < -0.4 is 0 Å². The Morgan fingerprint density at radius 1 is 0.692 bits per heavy atom. The van der Waals surface area contributed by atoms with E-state index in [0.29, 0.717) is 0 Å². The molecule has 0 atom stereocenters. The molecule has 0 bridgehead atoms. The summed E-state index contributed by atoms with van der Waals surface area (Å²) in [6, 6.07) is 0. The van der Waals surface area contributed by atoms with Gasteiger partial charge in [-0.3, -0.25) is 0 Å². The fourth-order valence-electron chi connectivity index (χ4n) is 1.59. The van der Waals surface area contributed by atoms with Crippen molar-refractivity contribution < 1.29 is 0 Å². The van der Waals surface area contributed by atoms with Crippen LogP contribution >= 0.6 is 0 Å². The molecule has 13 heavy (non-hydrogen) atoms. The van der Waals surface area contributed by atoms with Crippen molar-refractivity contribution in [3.8, 4) is 0 Å². The zero-order valence-electron chi connectivity index (χ0n) is 7.84. The highest BCUT2D eigenvalue weighted by Gasteiger charge is 2.16. The van der Waals surface area contributed by atoms with E-state index in [2.05, 4.69) is 26.3 Å². The van der Waals surface area contributed by atoms with Crippen LogP contribution in [0.3, 0.4) is 0 Å². The fraction of sp³-hybridized carbons (Fsp3) is 0.0769. The van der Waals surface area contributed by atoms with Gasteiger partial charge in [0.05, 0.1) is 0 Å². The van der Waals surface area contributed by atoms with E-state index in [9.17, 15) is 0 Å². The van der Waals surface area contributed by atoms with Crippen molar-refractivity contribution in [1.29, 1.82) is 0 Å². The summed E-state index contributed by atoms with van der Waals surface area (Å²) in [7, 11) is 0. The monoisotopic (exact) mass is 170 g/mol. The summed E-state index contributed by atoms with van der Waals surface area (Å²) < 4.78 is 0. The molecule has 0 fully saturated rings. The van der Waals surface area contributed by atoms with Crippen molar-refractivity contribution >= 4 is 0 Å². The van der Waals surface area contributed by atoms with Gasteiger partial charge in [0.25, 0.3) is 0 Å². The summed E-state index contributed by atoms with van der Waals surface area (Å²) in [6.45, 7) is 15.1. The van der Waals surface area contributed by atoms with Gasteiger partial charge in [-0.1, -0.05) is 50.6 Å². The molecule has 1 rings (SSSR count). The maximum Gasteiger partial charge on any atom is -0.00139 e. The molecule has 0 unspecified atom stereocenters. The molecule has 0 N–H and O–H groups in total. The van der Waals surface area contributed by atoms with Crippen LogP contribution in [0.4, 0.5) is 0 Å². The minimum atomic E-state index is 0.899. The van der Waals surface area contributed by atoms with E-state index in [-0.39, 0.29) is 0 Å². The SMILES string of the molecule is C=CC1=C(C=C)C(C=C)=C(C=C)C1. The van der Waals surface area contributed by atoms with Gasteiger partial charge in [0, 0.05) is 0 Å². The van der Waals surface area contributed by atoms with Gasteiger partial charge >= 0.3 is 0 Å². The highest BCUT2D eigenvalue weighted by atomic mass is 14.2. The molecule has 0 amide bonds. The fourth-order valence-corrected chi connectivity index (χ4v) is 1.59. The van der Waals surface area contributed by atoms with Gasteiger partial charge in [0.15, 0.2) is 0 Å². The van der Waals surface area contributed by atoms with Gasteiger partial charge < -0.3 is 0 Å². The largest absolute Gasteiger partial charge is 0.0988 e. The molecule has 0 saturated carbocycles. The number of rotatable bonds is 4. The van der Waals surface area contributed by atoms with E-state index in [1.54, 1.807) is 0 Å². The van der Waals surface area contributed by atoms with E-state index >= 15 is 0 Å². The highest BCUT2D eigenvalue weighted by molar-refractivity contribution is 5.61. The van der Waals surface area contributed by atoms with Crippen molar-refractivity contribution in [3.63, 3.8) is 0 Å². The Bertz CT molecular complexity index is 301. The summed E-state index contributed by atoms with van der Waals surface area (Å²) in [5.41, 5.74) is 4.69. The summed E-state index contributed by atoms with van der Waals surface area (Å²) in [5.74, 6) is 0. The Morgan fingerprint density at radius 2 is 1.08 bits per heavy atom. The molecule has 66 valence electrons. The molecule has 0 saturated heterocycles. The van der Waals surface area contributed by atoms with Gasteiger partial charge in [0.1, 0.15) is 0 Å². The zero-order chi connectivity index (χ0) is 9.84. The molecule has 0 spiro atoms. The predicted molar refractivity (Wildman–Crippen MR) is 59.5 cm³/mol. The summed E-state index contributed by atoms with van der Waals surface area (Å²) in [5, 5.41) is 0. The van der Waals surface area contributed by atoms with Gasteiger partial charge in [-0.05, 0) is 28.7 Å². The Labute approximate surface area is 80.0 Å². The summed E-state index contributed by atoms with van der Waals surface area (Å²) in [4.78, 5) is 0. The van der Waals surface area contributed by atoms with E-state index in [1.807, 2.05) is 24.3 Å². The van der Waals surface area contributed by atoms with Crippen molar-refractivity contribution in [2.24, 2.45) is 0 Å². The van der Waals surface area contributed by atoms with Gasteiger partial charge in [-0.2, -0.15) is 0 Å². The van der Waals surface area contributed by atoms with Crippen LogP contribution in [0.25, 0.3) is 0 Å². The molecule has 1 aliphatic carbocycles. The lowest BCUT2D eigenvalue weighted by atomic mass is 10.1.